The molecule has 1 saturated heterocycles. The molecule has 3 aromatic carbocycles. The zero-order chi connectivity index (χ0) is 25.3. The molecule has 1 aliphatic heterocycles. The molecule has 2 amide bonds. The van der Waals surface area contributed by atoms with Crippen LogP contribution in [0.2, 0.25) is 0 Å². The highest BCUT2D eigenvalue weighted by atomic mass is 16.2. The second-order valence-electron chi connectivity index (χ2n) is 10.7. The van der Waals surface area contributed by atoms with Crippen LogP contribution in [-0.4, -0.2) is 34.8 Å². The maximum atomic E-state index is 13.5. The minimum atomic E-state index is -0.214. The summed E-state index contributed by atoms with van der Waals surface area (Å²) in [5.41, 5.74) is 5.34. The predicted molar refractivity (Wildman–Crippen MR) is 146 cm³/mol. The van der Waals surface area contributed by atoms with Gasteiger partial charge in [-0.15, -0.1) is 0 Å². The smallest absolute Gasteiger partial charge is 0.255 e. The lowest BCUT2D eigenvalue weighted by atomic mass is 9.86. The number of nitrogens with one attached hydrogen (secondary N) is 2. The SMILES string of the molecule is CC(C)(C)c1ccc(C(=O)Nc2ccccc2C(=O)N2CCC(c3c[nH]c4ccccc34)CC2)cc1. The molecule has 36 heavy (non-hydrogen) atoms. The first-order valence-electron chi connectivity index (χ1n) is 12.7. The minimum Gasteiger partial charge on any atom is -0.361 e. The van der Waals surface area contributed by atoms with E-state index in [9.17, 15) is 9.59 Å². The van der Waals surface area contributed by atoms with E-state index in [-0.39, 0.29) is 17.2 Å². The van der Waals surface area contributed by atoms with Crippen molar-refractivity contribution in [2.45, 2.75) is 44.9 Å². The highest BCUT2D eigenvalue weighted by molar-refractivity contribution is 6.09. The monoisotopic (exact) mass is 479 g/mol. The van der Waals surface area contributed by atoms with Gasteiger partial charge >= 0.3 is 0 Å². The fraction of sp³-hybridized carbons (Fsp3) is 0.290. The van der Waals surface area contributed by atoms with E-state index in [4.69, 9.17) is 0 Å². The van der Waals surface area contributed by atoms with Gasteiger partial charge in [0.15, 0.2) is 0 Å². The molecule has 0 atom stereocenters. The van der Waals surface area contributed by atoms with Crippen LogP contribution in [0.3, 0.4) is 0 Å². The van der Waals surface area contributed by atoms with Gasteiger partial charge in [0.2, 0.25) is 0 Å². The third kappa shape index (κ3) is 4.78. The summed E-state index contributed by atoms with van der Waals surface area (Å²) in [6.45, 7) is 7.83. The number of carbonyl (C=O) groups excluding carboxylic acids is 2. The summed E-state index contributed by atoms with van der Waals surface area (Å²) in [6, 6.07) is 23.3. The molecule has 0 radical (unpaired) electrons. The van der Waals surface area contributed by atoms with Crippen LogP contribution in [0.25, 0.3) is 10.9 Å². The highest BCUT2D eigenvalue weighted by Crippen LogP contribution is 2.34. The van der Waals surface area contributed by atoms with Gasteiger partial charge in [-0.3, -0.25) is 9.59 Å². The lowest BCUT2D eigenvalue weighted by Gasteiger charge is -2.32. The molecule has 2 heterocycles. The quantitative estimate of drug-likeness (QED) is 0.340. The largest absolute Gasteiger partial charge is 0.361 e. The van der Waals surface area contributed by atoms with Crippen molar-refractivity contribution < 1.29 is 9.59 Å². The van der Waals surface area contributed by atoms with Crippen LogP contribution in [-0.2, 0) is 5.41 Å². The van der Waals surface area contributed by atoms with Crippen LogP contribution in [0, 0.1) is 0 Å². The molecule has 0 spiro atoms. The van der Waals surface area contributed by atoms with Crippen molar-refractivity contribution in [2.75, 3.05) is 18.4 Å². The number of aromatic amines is 1. The van der Waals surface area contributed by atoms with Crippen molar-refractivity contribution in [1.29, 1.82) is 0 Å². The summed E-state index contributed by atoms with van der Waals surface area (Å²) in [5, 5.41) is 4.24. The van der Waals surface area contributed by atoms with Crippen LogP contribution >= 0.6 is 0 Å². The van der Waals surface area contributed by atoms with Gasteiger partial charge in [0.1, 0.15) is 0 Å². The Labute approximate surface area is 212 Å². The van der Waals surface area contributed by atoms with Gasteiger partial charge in [-0.05, 0) is 65.6 Å². The van der Waals surface area contributed by atoms with Gasteiger partial charge in [0, 0.05) is 35.8 Å². The lowest BCUT2D eigenvalue weighted by Crippen LogP contribution is -2.38. The van der Waals surface area contributed by atoms with Crippen LogP contribution in [0.1, 0.15) is 71.4 Å². The predicted octanol–water partition coefficient (Wildman–Crippen LogP) is 6.74. The average Bonchev–Trinajstić information content (AvgIpc) is 3.32. The zero-order valence-electron chi connectivity index (χ0n) is 21.2. The first-order chi connectivity index (χ1) is 17.3. The molecule has 1 fully saturated rings. The number of piperidine rings is 1. The molecule has 184 valence electrons. The number of H-pyrrole nitrogens is 1. The number of aromatic nitrogens is 1. The number of rotatable bonds is 4. The number of nitrogens with zero attached hydrogens (tertiary/aromatic N) is 1. The molecule has 0 aliphatic carbocycles. The fourth-order valence-electron chi connectivity index (χ4n) is 5.09. The number of hydrogen-bond acceptors (Lipinski definition) is 2. The van der Waals surface area contributed by atoms with Crippen molar-refractivity contribution in [2.24, 2.45) is 0 Å². The number of carbonyl (C=O) groups is 2. The van der Waals surface area contributed by atoms with Gasteiger partial charge < -0.3 is 15.2 Å². The molecular formula is C31H33N3O2. The van der Waals surface area contributed by atoms with Crippen LogP contribution in [0.5, 0.6) is 0 Å². The molecule has 0 unspecified atom stereocenters. The van der Waals surface area contributed by atoms with E-state index < -0.39 is 0 Å². The van der Waals surface area contributed by atoms with Crippen molar-refractivity contribution >= 4 is 28.4 Å². The van der Waals surface area contributed by atoms with E-state index in [1.54, 1.807) is 12.1 Å². The third-order valence-electron chi connectivity index (χ3n) is 7.26. The number of likely N-dealkylation sites (tertiary alicyclic amines) is 1. The molecule has 4 aromatic rings. The van der Waals surface area contributed by atoms with Crippen molar-refractivity contribution in [3.05, 3.63) is 101 Å². The third-order valence-corrected chi connectivity index (χ3v) is 7.26. The van der Waals surface area contributed by atoms with Crippen LogP contribution in [0.15, 0.2) is 79.0 Å². The number of amides is 2. The van der Waals surface area contributed by atoms with E-state index in [1.165, 1.54) is 16.5 Å². The zero-order valence-corrected chi connectivity index (χ0v) is 21.2. The van der Waals surface area contributed by atoms with E-state index in [0.717, 1.165) is 18.4 Å². The van der Waals surface area contributed by atoms with Gasteiger partial charge in [-0.1, -0.05) is 63.2 Å². The summed E-state index contributed by atoms with van der Waals surface area (Å²) >= 11 is 0. The first kappa shape index (κ1) is 23.9. The molecule has 0 bridgehead atoms. The summed E-state index contributed by atoms with van der Waals surface area (Å²) in [4.78, 5) is 31.7. The standard InChI is InChI=1S/C31H33N3O2/c1-31(2,3)23-14-12-22(13-15-23)29(35)33-28-11-7-5-9-25(28)30(36)34-18-16-21(17-19-34)26-20-32-27-10-6-4-8-24(26)27/h4-15,20-21,32H,16-19H2,1-3H3,(H,33,35). The van der Waals surface area contributed by atoms with Crippen LogP contribution < -0.4 is 5.32 Å². The van der Waals surface area contributed by atoms with Crippen LogP contribution in [0.4, 0.5) is 5.69 Å². The Morgan fingerprint density at radius 3 is 2.28 bits per heavy atom. The molecule has 5 nitrogen and oxygen atoms in total. The molecule has 5 heteroatoms. The van der Waals surface area contributed by atoms with Gasteiger partial charge in [-0.25, -0.2) is 0 Å². The number of hydrogen-bond donors (Lipinski definition) is 2. The molecule has 2 N–H and O–H groups in total. The van der Waals surface area contributed by atoms with E-state index in [2.05, 4.69) is 55.5 Å². The topological polar surface area (TPSA) is 65.2 Å². The minimum absolute atomic E-state index is 0.0235. The van der Waals surface area contributed by atoms with E-state index >= 15 is 0 Å². The van der Waals surface area contributed by atoms with Crippen molar-refractivity contribution in [1.82, 2.24) is 9.88 Å². The Hall–Kier alpha value is -3.86. The Morgan fingerprint density at radius 2 is 1.56 bits per heavy atom. The Kier molecular flexibility index (Phi) is 6.40. The average molecular weight is 480 g/mol. The Morgan fingerprint density at radius 1 is 0.889 bits per heavy atom. The molecule has 1 aromatic heterocycles. The van der Waals surface area contributed by atoms with Crippen molar-refractivity contribution in [3.63, 3.8) is 0 Å². The number of para-hydroxylation sites is 2. The second kappa shape index (κ2) is 9.65. The molecule has 0 saturated carbocycles. The van der Waals surface area contributed by atoms with Gasteiger partial charge in [-0.2, -0.15) is 0 Å². The summed E-state index contributed by atoms with van der Waals surface area (Å²) in [6.07, 6.45) is 3.95. The second-order valence-corrected chi connectivity index (χ2v) is 10.7. The van der Waals surface area contributed by atoms with E-state index in [0.29, 0.717) is 35.8 Å². The summed E-state index contributed by atoms with van der Waals surface area (Å²) in [7, 11) is 0. The number of benzene rings is 3. The van der Waals surface area contributed by atoms with Gasteiger partial charge in [0.05, 0.1) is 11.3 Å². The fourth-order valence-corrected chi connectivity index (χ4v) is 5.09. The summed E-state index contributed by atoms with van der Waals surface area (Å²) < 4.78 is 0. The summed E-state index contributed by atoms with van der Waals surface area (Å²) in [5.74, 6) is 0.177. The Balaban J connectivity index is 1.27. The van der Waals surface area contributed by atoms with Crippen molar-refractivity contribution in [3.8, 4) is 0 Å². The maximum absolute atomic E-state index is 13.5. The Bertz CT molecular complexity index is 1390. The molecule has 1 aliphatic rings. The molecule has 5 rings (SSSR count). The number of anilines is 1. The highest BCUT2D eigenvalue weighted by Gasteiger charge is 2.27. The number of fused-ring (bicyclic) bond motifs is 1. The first-order valence-corrected chi connectivity index (χ1v) is 12.7. The molecular weight excluding hydrogens is 446 g/mol. The normalized spacial score (nSPS) is 14.7. The van der Waals surface area contributed by atoms with Gasteiger partial charge in [0.25, 0.3) is 11.8 Å². The van der Waals surface area contributed by atoms with E-state index in [1.807, 2.05) is 47.4 Å². The lowest BCUT2D eigenvalue weighted by molar-refractivity contribution is 0.0714. The maximum Gasteiger partial charge on any atom is 0.255 e.